The topological polar surface area (TPSA) is 108 Å². The number of hydrogen-bond acceptors (Lipinski definition) is 4. The normalized spacial score (nSPS) is 20.0. The lowest BCUT2D eigenvalue weighted by Crippen LogP contribution is -2.57. The molecule has 2 amide bonds. The van der Waals surface area contributed by atoms with Gasteiger partial charge >= 0.3 is 6.33 Å². The van der Waals surface area contributed by atoms with Gasteiger partial charge in [-0.15, -0.1) is 0 Å². The van der Waals surface area contributed by atoms with E-state index in [-0.39, 0.29) is 29.7 Å². The highest BCUT2D eigenvalue weighted by atomic mass is 35.5. The van der Waals surface area contributed by atoms with Crippen molar-refractivity contribution in [3.63, 3.8) is 0 Å². The molecule has 1 saturated carbocycles. The first kappa shape index (κ1) is 26.6. The predicted molar refractivity (Wildman–Crippen MR) is 139 cm³/mol. The van der Waals surface area contributed by atoms with Crippen molar-refractivity contribution in [2.45, 2.75) is 83.3 Å². The summed E-state index contributed by atoms with van der Waals surface area (Å²) < 4.78 is 2.09. The van der Waals surface area contributed by atoms with Gasteiger partial charge in [-0.2, -0.15) is 9.78 Å². The maximum absolute atomic E-state index is 13.7. The fraction of sp³-hybridized carbons (Fsp3) is 0.630. The van der Waals surface area contributed by atoms with Crippen LogP contribution in [-0.4, -0.2) is 52.0 Å². The van der Waals surface area contributed by atoms with Gasteiger partial charge in [0, 0.05) is 42.4 Å². The zero-order valence-electron chi connectivity index (χ0n) is 21.3. The molecule has 2 aliphatic rings. The van der Waals surface area contributed by atoms with E-state index in [1.54, 1.807) is 13.3 Å². The number of nitrogens with one attached hydrogen (secondary N) is 2. The van der Waals surface area contributed by atoms with Gasteiger partial charge in [-0.25, -0.2) is 0 Å². The highest BCUT2D eigenvalue weighted by molar-refractivity contribution is 6.30. The minimum Gasteiger partial charge on any atom is -0.344 e. The van der Waals surface area contributed by atoms with E-state index in [2.05, 4.69) is 20.1 Å². The Hall–Kier alpha value is -2.45. The molecule has 2 fully saturated rings. The molecule has 2 atom stereocenters. The van der Waals surface area contributed by atoms with Crippen LogP contribution in [0.25, 0.3) is 0 Å². The molecule has 1 aromatic heterocycles. The molecule has 1 saturated heterocycles. The van der Waals surface area contributed by atoms with Crippen molar-refractivity contribution in [3.8, 4) is 0 Å². The average molecular weight is 516 g/mol. The van der Waals surface area contributed by atoms with Gasteiger partial charge in [0.15, 0.2) is 0 Å². The first-order valence-corrected chi connectivity index (χ1v) is 13.7. The van der Waals surface area contributed by atoms with Gasteiger partial charge in [-0.3, -0.25) is 9.59 Å². The van der Waals surface area contributed by atoms with Crippen molar-refractivity contribution in [2.75, 3.05) is 13.1 Å². The highest BCUT2D eigenvalue weighted by Crippen LogP contribution is 2.46. The summed E-state index contributed by atoms with van der Waals surface area (Å²) >= 11 is 6.05. The Balaban J connectivity index is 1.47. The number of amides is 2. The number of likely N-dealkylation sites (tertiary alicyclic amines) is 1. The van der Waals surface area contributed by atoms with Crippen LogP contribution < -0.4 is 15.7 Å². The summed E-state index contributed by atoms with van der Waals surface area (Å²) in [5, 5.41) is 6.84. The third kappa shape index (κ3) is 6.85. The zero-order valence-corrected chi connectivity index (χ0v) is 22.1. The van der Waals surface area contributed by atoms with Crippen molar-refractivity contribution < 1.29 is 14.3 Å². The average Bonchev–Trinajstić information content (AvgIpc) is 3.38. The second kappa shape index (κ2) is 12.2. The maximum atomic E-state index is 13.7. The van der Waals surface area contributed by atoms with Gasteiger partial charge in [-0.1, -0.05) is 43.0 Å². The number of aromatic amines is 1. The number of carbonyl (C=O) groups is 2. The van der Waals surface area contributed by atoms with E-state index >= 15 is 0 Å². The molecule has 1 aliphatic carbocycles. The van der Waals surface area contributed by atoms with Crippen LogP contribution in [0, 0.1) is 11.3 Å². The molecule has 0 radical (unpaired) electrons. The van der Waals surface area contributed by atoms with Crippen molar-refractivity contribution in [3.05, 3.63) is 47.5 Å². The molecule has 9 heteroatoms. The molecular formula is C27H40ClN6O2+. The lowest BCUT2D eigenvalue weighted by molar-refractivity contribution is -0.764. The Morgan fingerprint density at radius 1 is 1.22 bits per heavy atom. The smallest absolute Gasteiger partial charge is 0.306 e. The number of H-pyrrole nitrogens is 1. The standard InChI is InChI=1S/C27H39ClN6O2/c1-20(29)15-25(35)32-24(16-21-7-9-23(28)10-8-21)26(36)33-13-11-27(12-14-33,17-34-19-30-18-31-34)22-5-3-2-4-6-22/h7-10,18-20,22,24H,2-6,11-17,29H2,1H3,(H,32,35)/p+1/t20-,24+/m0/s1. The lowest BCUT2D eigenvalue weighted by Gasteiger charge is -2.47. The number of piperidine rings is 1. The zero-order chi connectivity index (χ0) is 25.5. The van der Waals surface area contributed by atoms with Gasteiger partial charge in [0.25, 0.3) is 0 Å². The fourth-order valence-electron chi connectivity index (χ4n) is 6.09. The van der Waals surface area contributed by atoms with Crippen molar-refractivity contribution in [1.82, 2.24) is 20.3 Å². The third-order valence-electron chi connectivity index (χ3n) is 8.03. The first-order valence-electron chi connectivity index (χ1n) is 13.3. The van der Waals surface area contributed by atoms with E-state index in [4.69, 9.17) is 17.3 Å². The van der Waals surface area contributed by atoms with E-state index in [0.29, 0.717) is 30.5 Å². The van der Waals surface area contributed by atoms with Crippen molar-refractivity contribution in [2.24, 2.45) is 17.1 Å². The van der Waals surface area contributed by atoms with Crippen LogP contribution in [0.2, 0.25) is 5.02 Å². The van der Waals surface area contributed by atoms with E-state index in [9.17, 15) is 9.59 Å². The lowest BCUT2D eigenvalue weighted by atomic mass is 9.63. The molecule has 2 heterocycles. The molecule has 196 valence electrons. The van der Waals surface area contributed by atoms with Crippen molar-refractivity contribution >= 4 is 23.4 Å². The Labute approximate surface area is 219 Å². The summed E-state index contributed by atoms with van der Waals surface area (Å²) in [4.78, 5) is 32.5. The SMILES string of the molecule is C[C@H](N)CC(=O)N[C@H](Cc1ccc(Cl)cc1)C(=O)N1CCC(C[n+]2cnc[nH]2)(C2CCCCC2)CC1. The van der Waals surface area contributed by atoms with E-state index in [1.165, 1.54) is 32.1 Å². The molecular weight excluding hydrogens is 476 g/mol. The summed E-state index contributed by atoms with van der Waals surface area (Å²) in [6.07, 6.45) is 12.5. The van der Waals surface area contributed by atoms with E-state index < -0.39 is 6.04 Å². The summed E-state index contributed by atoms with van der Waals surface area (Å²) in [5.41, 5.74) is 6.95. The van der Waals surface area contributed by atoms with E-state index in [1.807, 2.05) is 35.5 Å². The monoisotopic (exact) mass is 515 g/mol. The number of halogens is 1. The second-order valence-corrected chi connectivity index (χ2v) is 11.2. The summed E-state index contributed by atoms with van der Waals surface area (Å²) in [6, 6.07) is 6.56. The fourth-order valence-corrected chi connectivity index (χ4v) is 6.21. The molecule has 36 heavy (non-hydrogen) atoms. The van der Waals surface area contributed by atoms with Crippen LogP contribution in [0.15, 0.2) is 36.9 Å². The number of carbonyl (C=O) groups excluding carboxylic acids is 2. The summed E-state index contributed by atoms with van der Waals surface area (Å²) in [6.45, 7) is 4.09. The van der Waals surface area contributed by atoms with Crippen LogP contribution in [-0.2, 0) is 22.6 Å². The minimum absolute atomic E-state index is 0.0191. The minimum atomic E-state index is -0.624. The van der Waals surface area contributed by atoms with Crippen LogP contribution in [0.5, 0.6) is 0 Å². The number of benzene rings is 1. The molecule has 1 aromatic carbocycles. The molecule has 4 N–H and O–H groups in total. The van der Waals surface area contributed by atoms with Gasteiger partial charge in [0.2, 0.25) is 18.1 Å². The van der Waals surface area contributed by atoms with Crippen LogP contribution >= 0.6 is 11.6 Å². The number of nitrogens with zero attached hydrogens (tertiary/aromatic N) is 3. The first-order chi connectivity index (χ1) is 17.3. The summed E-state index contributed by atoms with van der Waals surface area (Å²) in [7, 11) is 0. The molecule has 0 bridgehead atoms. The van der Waals surface area contributed by atoms with Gasteiger partial charge in [0.05, 0.1) is 0 Å². The Kier molecular flexibility index (Phi) is 9.01. The highest BCUT2D eigenvalue weighted by Gasteiger charge is 2.45. The van der Waals surface area contributed by atoms with E-state index in [0.717, 1.165) is 24.9 Å². The number of hydrogen-bond donors (Lipinski definition) is 3. The number of rotatable bonds is 9. The van der Waals surface area contributed by atoms with Crippen molar-refractivity contribution in [1.29, 1.82) is 0 Å². The molecule has 1 aliphatic heterocycles. The molecule has 4 rings (SSSR count). The summed E-state index contributed by atoms with van der Waals surface area (Å²) in [5.74, 6) is 0.450. The predicted octanol–water partition coefficient (Wildman–Crippen LogP) is 3.00. The molecule has 0 spiro atoms. The third-order valence-corrected chi connectivity index (χ3v) is 8.28. The van der Waals surface area contributed by atoms with Gasteiger partial charge < -0.3 is 16.0 Å². The Morgan fingerprint density at radius 3 is 2.53 bits per heavy atom. The molecule has 2 aromatic rings. The number of nitrogens with two attached hydrogens (primary N) is 1. The van der Waals surface area contributed by atoms with Gasteiger partial charge in [0.1, 0.15) is 12.6 Å². The van der Waals surface area contributed by atoms with Crippen LogP contribution in [0.4, 0.5) is 0 Å². The van der Waals surface area contributed by atoms with Crippen LogP contribution in [0.1, 0.15) is 63.9 Å². The van der Waals surface area contributed by atoms with Crippen LogP contribution in [0.3, 0.4) is 0 Å². The Bertz CT molecular complexity index is 980. The second-order valence-electron chi connectivity index (χ2n) is 10.8. The Morgan fingerprint density at radius 2 is 1.92 bits per heavy atom. The maximum Gasteiger partial charge on any atom is 0.306 e. The molecule has 8 nitrogen and oxygen atoms in total. The largest absolute Gasteiger partial charge is 0.344 e. The van der Waals surface area contributed by atoms with Gasteiger partial charge in [-0.05, 0) is 61.2 Å². The number of aromatic nitrogens is 3. The quantitative estimate of drug-likeness (QED) is 0.446. The molecule has 0 unspecified atom stereocenters.